The predicted molar refractivity (Wildman–Crippen MR) is 355 cm³/mol. The first kappa shape index (κ1) is 27.6. The Bertz CT molecular complexity index is 6490. The Morgan fingerprint density at radius 2 is 1.02 bits per heavy atom. The molecule has 3 aliphatic heterocycles. The van der Waals surface area contributed by atoms with E-state index in [0.29, 0.717) is 4.90 Å². The lowest BCUT2D eigenvalue weighted by Gasteiger charge is -2.46. The third-order valence-corrected chi connectivity index (χ3v) is 15.4. The van der Waals surface area contributed by atoms with E-state index in [1.165, 1.54) is 16.4 Å². The molecule has 0 aliphatic carbocycles. The maximum Gasteiger partial charge on any atom is 0.252 e. The molecule has 2 aromatic heterocycles. The van der Waals surface area contributed by atoms with Crippen LogP contribution in [0.5, 0.6) is 0 Å². The fourth-order valence-corrected chi connectivity index (χ4v) is 11.2. The van der Waals surface area contributed by atoms with Gasteiger partial charge in [-0.2, -0.15) is 0 Å². The predicted octanol–water partition coefficient (Wildman–Crippen LogP) is 19.7. The van der Waals surface area contributed by atoms with Crippen molar-refractivity contribution >= 4 is 118 Å². The van der Waals surface area contributed by atoms with Crippen molar-refractivity contribution in [3.63, 3.8) is 0 Å². The van der Waals surface area contributed by atoms with E-state index in [-0.39, 0.29) is 78.8 Å². The van der Waals surface area contributed by atoms with Crippen molar-refractivity contribution in [2.45, 2.75) is 112 Å². The number of anilines is 9. The molecule has 0 radical (unpaired) electrons. The van der Waals surface area contributed by atoms with Crippen LogP contribution in [0.4, 0.5) is 51.2 Å². The number of aromatic nitrogens is 1. The molecule has 5 heterocycles. The summed E-state index contributed by atoms with van der Waals surface area (Å²) in [5, 5.41) is -1.16. The molecule has 6 heteroatoms. The molecule has 83 heavy (non-hydrogen) atoms. The second kappa shape index (κ2) is 17.6. The van der Waals surface area contributed by atoms with Gasteiger partial charge in [0.1, 0.15) is 11.2 Å². The maximum atomic E-state index is 11.3. The third kappa shape index (κ3) is 7.81. The van der Waals surface area contributed by atoms with Gasteiger partial charge < -0.3 is 23.7 Å². The van der Waals surface area contributed by atoms with Crippen molar-refractivity contribution in [3.05, 3.63) is 221 Å². The SMILES string of the molecule is [2H]c1c([2H])c2c3c(c1[2H])-n1c4c([2H])c([2H])c(C(C)(C)C)c([2H])c4c4c([2H])c(C(C)(C)C)c([2H])c(c41)N3c1c([2H])c(C)c([2H])c3c1B2c1c([2H])c([2H])c(N(c2c([2H])c([2H])c(C(C)(C)C)c([2H])c2[2H])c2c([2H])c([2H])c(C(C)(C)C)c([2H])c2[2H])c([2H])c1N3c1c([2H])c([2H])c(-c2c([2H])c([2H])c([2H])c3oc4c([2H])c([2H])c([2H])c([2H])c4c23)c([2H])c1[2H]. The Labute approximate surface area is 534 Å². The molecule has 0 atom stereocenters. The molecule has 0 unspecified atom stereocenters. The summed E-state index contributed by atoms with van der Waals surface area (Å²) in [6, 6.07) is -26.4. The summed E-state index contributed by atoms with van der Waals surface area (Å²) in [6.45, 7) is 19.2. The first-order valence-electron chi connectivity index (χ1n) is 43.2. The molecular weight excluding hydrogens is 1010 g/mol. The second-order valence-electron chi connectivity index (χ2n) is 25.3. The largest absolute Gasteiger partial charge is 0.456 e. The van der Waals surface area contributed by atoms with Gasteiger partial charge in [0.15, 0.2) is 0 Å². The van der Waals surface area contributed by atoms with Gasteiger partial charge in [-0.05, 0) is 187 Å². The summed E-state index contributed by atoms with van der Waals surface area (Å²) in [4.78, 5) is 2.72. The van der Waals surface area contributed by atoms with E-state index in [1.54, 1.807) is 83.1 Å². The molecule has 12 aromatic rings. The zero-order valence-electron chi connectivity index (χ0n) is 79.8. The van der Waals surface area contributed by atoms with Crippen molar-refractivity contribution in [2.75, 3.05) is 14.7 Å². The van der Waals surface area contributed by atoms with Crippen molar-refractivity contribution in [1.29, 1.82) is 0 Å². The van der Waals surface area contributed by atoms with E-state index >= 15 is 0 Å². The Morgan fingerprint density at radius 1 is 0.434 bits per heavy atom. The zero-order valence-corrected chi connectivity index (χ0v) is 47.8. The van der Waals surface area contributed by atoms with E-state index in [4.69, 9.17) is 12.6 Å². The number of fused-ring (bicyclic) bond motifs is 12. The summed E-state index contributed by atoms with van der Waals surface area (Å²) in [6.07, 6.45) is 0. The summed E-state index contributed by atoms with van der Waals surface area (Å²) in [5.41, 5.74) is -16.5. The Kier molecular flexibility index (Phi) is 5.86. The molecule has 0 spiro atoms. The van der Waals surface area contributed by atoms with Gasteiger partial charge in [0.25, 0.3) is 6.71 Å². The molecule has 3 aliphatic rings. The number of furan rings is 1. The quantitative estimate of drug-likeness (QED) is 0.161. The van der Waals surface area contributed by atoms with Crippen LogP contribution in [-0.4, -0.2) is 11.3 Å². The van der Waals surface area contributed by atoms with Gasteiger partial charge in [-0.15, -0.1) is 0 Å². The van der Waals surface area contributed by atoms with Gasteiger partial charge in [0.05, 0.1) is 72.0 Å². The van der Waals surface area contributed by atoms with Crippen molar-refractivity contribution in [1.82, 2.24) is 4.57 Å². The monoisotopic (exact) mass is 1110 g/mol. The molecule has 0 fully saturated rings. The highest BCUT2D eigenvalue weighted by Gasteiger charge is 2.47. The fourth-order valence-electron chi connectivity index (χ4n) is 11.2. The first-order chi connectivity index (χ1) is 53.0. The highest BCUT2D eigenvalue weighted by molar-refractivity contribution is 7.00. The normalized spacial score (nSPS) is 19.2. The number of benzene rings is 10. The van der Waals surface area contributed by atoms with Crippen LogP contribution < -0.4 is 31.1 Å². The highest BCUT2D eigenvalue weighted by Crippen LogP contribution is 2.54. The lowest BCUT2D eigenvalue weighted by molar-refractivity contribution is 0.590. The van der Waals surface area contributed by atoms with E-state index in [1.807, 2.05) is 0 Å². The van der Waals surface area contributed by atoms with Gasteiger partial charge >= 0.3 is 0 Å². The van der Waals surface area contributed by atoms with Crippen molar-refractivity contribution < 1.29 is 48.3 Å². The lowest BCUT2D eigenvalue weighted by atomic mass is 9.33. The molecule has 5 nitrogen and oxygen atoms in total. The summed E-state index contributed by atoms with van der Waals surface area (Å²) >= 11 is 0. The third-order valence-electron chi connectivity index (χ3n) is 15.4. The first-order valence-corrected chi connectivity index (χ1v) is 27.2. The standard InChI is InChI=1S/C77H71BN4O/c1-46-40-65-71-66(41-46)82-67-44-51(77(11,12)13)43-59-58-42-50(76(8,9)10)30-39-62(58)81(72(59)67)63-21-17-20-61(73(63)82)78(71)60-38-37-55(79(52-33-26-48(27-34-52)74(2,3)4)53-35-28-49(29-36-53)75(5,6)7)45-64(60)80(65)54-31-24-47(25-32-54)56-19-16-23-69-70(56)57-18-14-15-22-68(57)83-69/h14-45H,1-13H3/i14D,15D,16D,17D,18D,19D,20D,21D,22D,23D,24D,25D,26D,27D,28D,29D,30D,31D,32D,33D,34D,35D,36D,37D,38D,39D,40D,41D,42D,43D,44D,45D. The van der Waals surface area contributed by atoms with E-state index in [0.717, 1.165) is 4.90 Å². The molecule has 0 amide bonds. The smallest absolute Gasteiger partial charge is 0.252 e. The lowest BCUT2D eigenvalue weighted by Crippen LogP contribution is -2.61. The molecular formula is C77H71BN4O. The number of hydrogen-bond donors (Lipinski definition) is 0. The summed E-state index contributed by atoms with van der Waals surface area (Å²) in [7, 11) is 0. The van der Waals surface area contributed by atoms with Crippen LogP contribution in [0.25, 0.3) is 60.6 Å². The topological polar surface area (TPSA) is 27.8 Å². The fraction of sp³-hybridized carbons (Fsp3) is 0.221. The van der Waals surface area contributed by atoms with Crippen molar-refractivity contribution in [2.24, 2.45) is 0 Å². The molecule has 0 saturated carbocycles. The van der Waals surface area contributed by atoms with E-state index in [2.05, 4.69) is 0 Å². The van der Waals surface area contributed by atoms with Crippen LogP contribution in [0, 0.1) is 6.92 Å². The number of para-hydroxylation sites is 2. The number of nitrogens with zero attached hydrogens (tertiary/aromatic N) is 4. The average Bonchev–Trinajstić information content (AvgIpc) is 1.64. The van der Waals surface area contributed by atoms with Crippen LogP contribution in [-0.2, 0) is 21.7 Å². The van der Waals surface area contributed by atoms with E-state index in [9.17, 15) is 35.6 Å². The Hall–Kier alpha value is -8.74. The second-order valence-corrected chi connectivity index (χ2v) is 25.3. The maximum absolute atomic E-state index is 11.3. The van der Waals surface area contributed by atoms with Crippen LogP contribution in [0.15, 0.2) is 198 Å². The van der Waals surface area contributed by atoms with Gasteiger partial charge in [-0.1, -0.05) is 174 Å². The minimum absolute atomic E-state index is 0.0122. The minimum atomic E-state index is -2.07. The minimum Gasteiger partial charge on any atom is -0.456 e. The summed E-state index contributed by atoms with van der Waals surface area (Å²) < 4.78 is 326. The molecule has 0 saturated heterocycles. The zero-order chi connectivity index (χ0) is 85.2. The Morgan fingerprint density at radius 3 is 1.69 bits per heavy atom. The van der Waals surface area contributed by atoms with Crippen LogP contribution >= 0.6 is 0 Å². The van der Waals surface area contributed by atoms with Crippen LogP contribution in [0.2, 0.25) is 0 Å². The Balaban J connectivity index is 1.21. The average molecular weight is 1110 g/mol. The molecule has 10 aromatic carbocycles. The number of rotatable bonds is 5. The van der Waals surface area contributed by atoms with Gasteiger partial charge in [-0.3, -0.25) is 0 Å². The van der Waals surface area contributed by atoms with Crippen LogP contribution in [0.3, 0.4) is 0 Å². The summed E-state index contributed by atoms with van der Waals surface area (Å²) in [5.74, 6) is 0. The highest BCUT2D eigenvalue weighted by atomic mass is 16.3. The van der Waals surface area contributed by atoms with Crippen molar-refractivity contribution in [3.8, 4) is 16.8 Å². The van der Waals surface area contributed by atoms with E-state index < -0.39 is 299 Å². The molecule has 15 rings (SSSR count). The molecule has 0 bridgehead atoms. The molecule has 0 N–H and O–H groups in total. The van der Waals surface area contributed by atoms with Gasteiger partial charge in [0, 0.05) is 61.4 Å². The number of hydrogen-bond acceptors (Lipinski definition) is 4. The van der Waals surface area contributed by atoms with Gasteiger partial charge in [-0.25, -0.2) is 0 Å². The molecule has 408 valence electrons. The van der Waals surface area contributed by atoms with Crippen LogP contribution in [0.1, 0.15) is 155 Å². The van der Waals surface area contributed by atoms with Gasteiger partial charge in [0.2, 0.25) is 0 Å².